The van der Waals surface area contributed by atoms with Crippen molar-refractivity contribution in [1.29, 1.82) is 0 Å². The molecule has 1 aliphatic heterocycles. The number of nitrogens with one attached hydrogen (secondary N) is 1. The lowest BCUT2D eigenvalue weighted by atomic mass is 10.1. The summed E-state index contributed by atoms with van der Waals surface area (Å²) >= 11 is 3.45. The average Bonchev–Trinajstić information content (AvgIpc) is 2.90. The fraction of sp³-hybridized carbons (Fsp3) is 0.429. The number of benzene rings is 1. The summed E-state index contributed by atoms with van der Waals surface area (Å²) in [4.78, 5) is 24.6. The Hall–Kier alpha value is -1.60. The Balaban J connectivity index is 1.92. The van der Waals surface area contributed by atoms with Gasteiger partial charge >= 0.3 is 6.03 Å². The number of nitrogens with two attached hydrogens (primary N) is 1. The number of nitrogens with zero attached hydrogens (tertiary/aromatic N) is 1. The maximum absolute atomic E-state index is 12.0. The van der Waals surface area contributed by atoms with Gasteiger partial charge in [0.2, 0.25) is 0 Å². The predicted octanol–water partition coefficient (Wildman–Crippen LogP) is 0.634. The summed E-state index contributed by atoms with van der Waals surface area (Å²) in [5, 5.41) is 4.54. The van der Waals surface area contributed by atoms with Crippen molar-refractivity contribution in [2.75, 3.05) is 26.7 Å². The normalized spacial score (nSPS) is 15.8. The van der Waals surface area contributed by atoms with Crippen LogP contribution < -0.4 is 15.4 Å². The van der Waals surface area contributed by atoms with Gasteiger partial charge < -0.3 is 15.4 Å². The van der Waals surface area contributed by atoms with Crippen LogP contribution in [0.4, 0.5) is 4.79 Å². The lowest BCUT2D eigenvalue weighted by Gasteiger charge is -2.15. The molecule has 1 atom stereocenters. The Morgan fingerprint density at radius 1 is 1.57 bits per heavy atom. The number of quaternary nitrogens is 1. The zero-order chi connectivity index (χ0) is 15.4. The van der Waals surface area contributed by atoms with Crippen LogP contribution in [0.2, 0.25) is 0 Å². The van der Waals surface area contributed by atoms with E-state index in [4.69, 9.17) is 4.74 Å². The molecule has 1 aromatic carbocycles. The van der Waals surface area contributed by atoms with E-state index in [1.807, 2.05) is 30.4 Å². The van der Waals surface area contributed by atoms with Gasteiger partial charge in [-0.1, -0.05) is 0 Å². The fourth-order valence-electron chi connectivity index (χ4n) is 2.20. The molecule has 3 amide bonds. The summed E-state index contributed by atoms with van der Waals surface area (Å²) in [5.41, 5.74) is 1.08. The molecule has 1 heterocycles. The van der Waals surface area contributed by atoms with Gasteiger partial charge in [-0.15, -0.1) is 0 Å². The molecule has 7 heteroatoms. The highest BCUT2D eigenvalue weighted by molar-refractivity contribution is 9.10. The van der Waals surface area contributed by atoms with E-state index in [1.165, 1.54) is 4.90 Å². The molecule has 1 fully saturated rings. The maximum atomic E-state index is 12.0. The van der Waals surface area contributed by atoms with Crippen LogP contribution in [-0.4, -0.2) is 43.6 Å². The maximum Gasteiger partial charge on any atom is 0.324 e. The highest BCUT2D eigenvalue weighted by Gasteiger charge is 2.27. The first kappa shape index (κ1) is 15.8. The van der Waals surface area contributed by atoms with Crippen molar-refractivity contribution in [3.63, 3.8) is 0 Å². The Morgan fingerprint density at radius 2 is 2.33 bits per heavy atom. The second-order valence-corrected chi connectivity index (χ2v) is 5.75. The molecule has 0 radical (unpaired) electrons. The predicted molar refractivity (Wildman–Crippen MR) is 81.0 cm³/mol. The molecular formula is C14H19BrN3O3+. The molecule has 21 heavy (non-hydrogen) atoms. The van der Waals surface area contributed by atoms with Crippen molar-refractivity contribution >= 4 is 27.9 Å². The Labute approximate surface area is 132 Å². The average molecular weight is 357 g/mol. The first-order valence-corrected chi connectivity index (χ1v) is 7.57. The number of ether oxygens (including phenoxy) is 1. The van der Waals surface area contributed by atoms with Crippen LogP contribution in [-0.2, 0) is 4.79 Å². The van der Waals surface area contributed by atoms with Gasteiger partial charge in [0, 0.05) is 18.7 Å². The molecule has 0 spiro atoms. The van der Waals surface area contributed by atoms with E-state index in [0.29, 0.717) is 13.1 Å². The van der Waals surface area contributed by atoms with Crippen molar-refractivity contribution in [3.8, 4) is 5.75 Å². The van der Waals surface area contributed by atoms with Crippen molar-refractivity contribution in [2.45, 2.75) is 13.0 Å². The quantitative estimate of drug-likeness (QED) is 0.812. The molecule has 0 bridgehead atoms. The number of imide groups is 1. The van der Waals surface area contributed by atoms with Crippen molar-refractivity contribution in [2.24, 2.45) is 0 Å². The SMILES string of the molecule is COc1ccc([C@H](C)[NH2+]CC(=O)N2CCNC2=O)cc1Br. The first-order chi connectivity index (χ1) is 10.0. The lowest BCUT2D eigenvalue weighted by molar-refractivity contribution is -0.683. The largest absolute Gasteiger partial charge is 0.496 e. The van der Waals surface area contributed by atoms with E-state index in [-0.39, 0.29) is 24.5 Å². The molecule has 1 aliphatic rings. The number of halogens is 1. The molecule has 1 saturated heterocycles. The van der Waals surface area contributed by atoms with Crippen LogP contribution in [0.3, 0.4) is 0 Å². The van der Waals surface area contributed by atoms with Gasteiger partial charge in [0.1, 0.15) is 11.8 Å². The Morgan fingerprint density at radius 3 is 2.90 bits per heavy atom. The number of methoxy groups -OCH3 is 1. The molecule has 114 valence electrons. The van der Waals surface area contributed by atoms with Gasteiger partial charge in [-0.2, -0.15) is 0 Å². The zero-order valence-electron chi connectivity index (χ0n) is 12.1. The van der Waals surface area contributed by atoms with Gasteiger partial charge in [-0.25, -0.2) is 4.79 Å². The summed E-state index contributed by atoms with van der Waals surface area (Å²) in [6.45, 7) is 3.25. The third kappa shape index (κ3) is 3.74. The molecule has 0 aliphatic carbocycles. The number of rotatable bonds is 5. The third-order valence-corrected chi connectivity index (χ3v) is 4.13. The van der Waals surface area contributed by atoms with Gasteiger partial charge in [0.25, 0.3) is 5.91 Å². The molecule has 2 rings (SSSR count). The van der Waals surface area contributed by atoms with Crippen LogP contribution in [0.1, 0.15) is 18.5 Å². The summed E-state index contributed by atoms with van der Waals surface area (Å²) in [7, 11) is 1.62. The minimum absolute atomic E-state index is 0.113. The van der Waals surface area contributed by atoms with Gasteiger partial charge in [0.15, 0.2) is 6.54 Å². The van der Waals surface area contributed by atoms with Crippen LogP contribution in [0.5, 0.6) is 5.75 Å². The summed E-state index contributed by atoms with van der Waals surface area (Å²) < 4.78 is 6.08. The lowest BCUT2D eigenvalue weighted by Crippen LogP contribution is -2.87. The molecule has 0 aromatic heterocycles. The number of hydrogen-bond acceptors (Lipinski definition) is 3. The van der Waals surface area contributed by atoms with Crippen molar-refractivity contribution in [1.82, 2.24) is 10.2 Å². The highest BCUT2D eigenvalue weighted by Crippen LogP contribution is 2.27. The van der Waals surface area contributed by atoms with E-state index in [2.05, 4.69) is 21.2 Å². The monoisotopic (exact) mass is 356 g/mol. The summed E-state index contributed by atoms with van der Waals surface area (Å²) in [6.07, 6.45) is 0. The van der Waals surface area contributed by atoms with Crippen LogP contribution in [0, 0.1) is 0 Å². The van der Waals surface area contributed by atoms with Crippen LogP contribution >= 0.6 is 15.9 Å². The van der Waals surface area contributed by atoms with E-state index in [1.54, 1.807) is 7.11 Å². The standard InChI is InChI=1S/C14H18BrN3O3/c1-9(10-3-4-12(21-2)11(15)7-10)17-8-13(19)18-6-5-16-14(18)20/h3-4,7,9,17H,5-6,8H2,1-2H3,(H,16,20)/p+1/t9-/m0/s1. The molecule has 3 N–H and O–H groups in total. The van der Waals surface area contributed by atoms with Gasteiger partial charge in [-0.3, -0.25) is 9.69 Å². The van der Waals surface area contributed by atoms with Crippen molar-refractivity contribution in [3.05, 3.63) is 28.2 Å². The Kier molecular flexibility index (Phi) is 5.19. The summed E-state index contributed by atoms with van der Waals surface area (Å²) in [6, 6.07) is 5.65. The van der Waals surface area contributed by atoms with Crippen molar-refractivity contribution < 1.29 is 19.6 Å². The van der Waals surface area contributed by atoms with E-state index < -0.39 is 0 Å². The van der Waals surface area contributed by atoms with Crippen LogP contribution in [0.25, 0.3) is 0 Å². The molecule has 0 unspecified atom stereocenters. The first-order valence-electron chi connectivity index (χ1n) is 6.78. The van der Waals surface area contributed by atoms with E-state index in [0.717, 1.165) is 15.8 Å². The highest BCUT2D eigenvalue weighted by atomic mass is 79.9. The number of amides is 3. The minimum atomic E-state index is -0.298. The van der Waals surface area contributed by atoms with Gasteiger partial charge in [-0.05, 0) is 41.1 Å². The van der Waals surface area contributed by atoms with E-state index >= 15 is 0 Å². The molecule has 0 saturated carbocycles. The molecule has 1 aromatic rings. The smallest absolute Gasteiger partial charge is 0.324 e. The molecule has 6 nitrogen and oxygen atoms in total. The number of carbonyl (C=O) groups excluding carboxylic acids is 2. The van der Waals surface area contributed by atoms with E-state index in [9.17, 15) is 9.59 Å². The Bertz CT molecular complexity index is 550. The fourth-order valence-corrected chi connectivity index (χ4v) is 2.76. The second kappa shape index (κ2) is 6.91. The zero-order valence-corrected chi connectivity index (χ0v) is 13.6. The second-order valence-electron chi connectivity index (χ2n) is 4.90. The minimum Gasteiger partial charge on any atom is -0.496 e. The number of carbonyl (C=O) groups is 2. The van der Waals surface area contributed by atoms with Gasteiger partial charge in [0.05, 0.1) is 11.6 Å². The number of hydrogen-bond donors (Lipinski definition) is 2. The topological polar surface area (TPSA) is 75.2 Å². The number of urea groups is 1. The molecular weight excluding hydrogens is 338 g/mol. The summed E-state index contributed by atoms with van der Waals surface area (Å²) in [5.74, 6) is 0.611. The third-order valence-electron chi connectivity index (χ3n) is 3.51. The van der Waals surface area contributed by atoms with Crippen LogP contribution in [0.15, 0.2) is 22.7 Å².